The summed E-state index contributed by atoms with van der Waals surface area (Å²) in [7, 11) is 0. The fraction of sp³-hybridized carbons (Fsp3) is 0.583. The molecule has 2 unspecified atom stereocenters. The maximum atomic E-state index is 4.56. The molecule has 3 nitrogen and oxygen atoms in total. The predicted octanol–water partition coefficient (Wildman–Crippen LogP) is 0.945. The summed E-state index contributed by atoms with van der Waals surface area (Å²) < 4.78 is 0. The molecule has 1 fully saturated rings. The Morgan fingerprint density at radius 3 is 2.80 bits per heavy atom. The van der Waals surface area contributed by atoms with Crippen molar-refractivity contribution in [1.82, 2.24) is 10.2 Å². The van der Waals surface area contributed by atoms with E-state index in [4.69, 9.17) is 0 Å². The lowest BCUT2D eigenvalue weighted by molar-refractivity contribution is 0.234. The van der Waals surface area contributed by atoms with Crippen LogP contribution in [-0.2, 0) is 0 Å². The van der Waals surface area contributed by atoms with Gasteiger partial charge in [-0.15, -0.1) is 0 Å². The van der Waals surface area contributed by atoms with Crippen LogP contribution in [0.4, 0.5) is 0 Å². The zero-order valence-corrected chi connectivity index (χ0v) is 8.84. The SMILES string of the molecule is C1=CC2N=CN(C3CCNCC3)C2C=C1. The van der Waals surface area contributed by atoms with Gasteiger partial charge in [-0.05, 0) is 25.9 Å². The normalized spacial score (nSPS) is 34.8. The van der Waals surface area contributed by atoms with Crippen molar-refractivity contribution in [2.75, 3.05) is 13.1 Å². The molecule has 0 aromatic heterocycles. The molecule has 0 aromatic carbocycles. The summed E-state index contributed by atoms with van der Waals surface area (Å²) in [6, 6.07) is 1.53. The fourth-order valence-corrected chi connectivity index (χ4v) is 2.67. The molecule has 1 saturated heterocycles. The van der Waals surface area contributed by atoms with E-state index in [1.165, 1.54) is 12.8 Å². The number of nitrogens with one attached hydrogen (secondary N) is 1. The van der Waals surface area contributed by atoms with Crippen molar-refractivity contribution in [3.05, 3.63) is 24.3 Å². The van der Waals surface area contributed by atoms with Gasteiger partial charge in [-0.3, -0.25) is 4.99 Å². The van der Waals surface area contributed by atoms with Gasteiger partial charge in [-0.25, -0.2) is 0 Å². The van der Waals surface area contributed by atoms with Gasteiger partial charge in [0.25, 0.3) is 0 Å². The zero-order chi connectivity index (χ0) is 10.1. The molecule has 80 valence electrons. The van der Waals surface area contributed by atoms with Gasteiger partial charge < -0.3 is 10.2 Å². The number of rotatable bonds is 1. The van der Waals surface area contributed by atoms with Gasteiger partial charge in [0.05, 0.1) is 18.4 Å². The Bertz CT molecular complexity index is 313. The van der Waals surface area contributed by atoms with Gasteiger partial charge in [-0.2, -0.15) is 0 Å². The van der Waals surface area contributed by atoms with Crippen molar-refractivity contribution >= 4 is 6.34 Å². The second-order valence-corrected chi connectivity index (χ2v) is 4.44. The molecular formula is C12H17N3. The summed E-state index contributed by atoms with van der Waals surface area (Å²) in [4.78, 5) is 7.01. The smallest absolute Gasteiger partial charge is 0.0940 e. The molecule has 3 heteroatoms. The first-order valence-corrected chi connectivity index (χ1v) is 5.81. The van der Waals surface area contributed by atoms with E-state index < -0.39 is 0 Å². The molecule has 15 heavy (non-hydrogen) atoms. The van der Waals surface area contributed by atoms with E-state index in [-0.39, 0.29) is 0 Å². The lowest BCUT2D eigenvalue weighted by Gasteiger charge is -2.36. The molecular weight excluding hydrogens is 186 g/mol. The Labute approximate surface area is 90.6 Å². The maximum Gasteiger partial charge on any atom is 0.0940 e. The summed E-state index contributed by atoms with van der Waals surface area (Å²) in [5, 5.41) is 3.41. The minimum atomic E-state index is 0.366. The van der Waals surface area contributed by atoms with E-state index in [1.807, 2.05) is 0 Å². The highest BCUT2D eigenvalue weighted by atomic mass is 15.3. The lowest BCUT2D eigenvalue weighted by Crippen LogP contribution is -2.47. The Morgan fingerprint density at radius 2 is 1.93 bits per heavy atom. The summed E-state index contributed by atoms with van der Waals surface area (Å²) in [6.07, 6.45) is 13.3. The molecule has 3 aliphatic rings. The monoisotopic (exact) mass is 203 g/mol. The van der Waals surface area contributed by atoms with E-state index in [2.05, 4.69) is 45.9 Å². The van der Waals surface area contributed by atoms with Crippen molar-refractivity contribution in [2.45, 2.75) is 31.0 Å². The van der Waals surface area contributed by atoms with Crippen LogP contribution in [0.1, 0.15) is 12.8 Å². The first-order chi connectivity index (χ1) is 7.45. The van der Waals surface area contributed by atoms with E-state index in [1.54, 1.807) is 0 Å². The van der Waals surface area contributed by atoms with Gasteiger partial charge in [-0.1, -0.05) is 24.3 Å². The number of hydrogen-bond donors (Lipinski definition) is 1. The highest BCUT2D eigenvalue weighted by Gasteiger charge is 2.32. The second-order valence-electron chi connectivity index (χ2n) is 4.44. The van der Waals surface area contributed by atoms with Crippen molar-refractivity contribution in [1.29, 1.82) is 0 Å². The molecule has 2 atom stereocenters. The third-order valence-electron chi connectivity index (χ3n) is 3.52. The predicted molar refractivity (Wildman–Crippen MR) is 62.1 cm³/mol. The van der Waals surface area contributed by atoms with Crippen molar-refractivity contribution in [2.24, 2.45) is 4.99 Å². The quantitative estimate of drug-likeness (QED) is 0.687. The van der Waals surface area contributed by atoms with Gasteiger partial charge in [0.15, 0.2) is 0 Å². The summed E-state index contributed by atoms with van der Waals surface area (Å²) >= 11 is 0. The number of hydrogen-bond acceptors (Lipinski definition) is 3. The standard InChI is InChI=1S/C12H17N3/c1-2-4-12-11(3-1)14-9-15(12)10-5-7-13-8-6-10/h1-4,9-13H,5-8H2. The van der Waals surface area contributed by atoms with Crippen LogP contribution in [0, 0.1) is 0 Å². The van der Waals surface area contributed by atoms with Crippen LogP contribution in [0.5, 0.6) is 0 Å². The van der Waals surface area contributed by atoms with Gasteiger partial charge >= 0.3 is 0 Å². The summed E-state index contributed by atoms with van der Waals surface area (Å²) in [6.45, 7) is 2.29. The Balaban J connectivity index is 1.74. The largest absolute Gasteiger partial charge is 0.351 e. The van der Waals surface area contributed by atoms with Crippen LogP contribution in [0.25, 0.3) is 0 Å². The average molecular weight is 203 g/mol. The molecule has 1 N–H and O–H groups in total. The highest BCUT2D eigenvalue weighted by Crippen LogP contribution is 2.24. The number of piperidine rings is 1. The van der Waals surface area contributed by atoms with Crippen LogP contribution >= 0.6 is 0 Å². The number of fused-ring (bicyclic) bond motifs is 1. The van der Waals surface area contributed by atoms with Crippen molar-refractivity contribution in [3.8, 4) is 0 Å². The summed E-state index contributed by atoms with van der Waals surface area (Å²) in [5.74, 6) is 0. The topological polar surface area (TPSA) is 27.6 Å². The first kappa shape index (κ1) is 9.16. The Kier molecular flexibility index (Phi) is 2.33. The van der Waals surface area contributed by atoms with Gasteiger partial charge in [0.2, 0.25) is 0 Å². The lowest BCUT2D eigenvalue weighted by atomic mass is 9.98. The van der Waals surface area contributed by atoms with Crippen LogP contribution in [0.2, 0.25) is 0 Å². The molecule has 3 rings (SSSR count). The van der Waals surface area contributed by atoms with Gasteiger partial charge in [0, 0.05) is 6.04 Å². The third-order valence-corrected chi connectivity index (χ3v) is 3.52. The van der Waals surface area contributed by atoms with E-state index in [0.29, 0.717) is 18.1 Å². The fourth-order valence-electron chi connectivity index (χ4n) is 2.67. The van der Waals surface area contributed by atoms with Crippen LogP contribution in [-0.4, -0.2) is 42.5 Å². The average Bonchev–Trinajstić information content (AvgIpc) is 2.74. The minimum absolute atomic E-state index is 0.366. The van der Waals surface area contributed by atoms with Crippen LogP contribution in [0.3, 0.4) is 0 Å². The van der Waals surface area contributed by atoms with Crippen LogP contribution in [0.15, 0.2) is 29.3 Å². The maximum absolute atomic E-state index is 4.56. The van der Waals surface area contributed by atoms with E-state index in [9.17, 15) is 0 Å². The Hall–Kier alpha value is -1.09. The molecule has 0 aromatic rings. The molecule has 0 spiro atoms. The summed E-state index contributed by atoms with van der Waals surface area (Å²) in [5.41, 5.74) is 0. The van der Waals surface area contributed by atoms with Crippen molar-refractivity contribution < 1.29 is 0 Å². The molecule has 2 aliphatic heterocycles. The van der Waals surface area contributed by atoms with Crippen molar-refractivity contribution in [3.63, 3.8) is 0 Å². The molecule has 0 amide bonds. The zero-order valence-electron chi connectivity index (χ0n) is 8.84. The molecule has 2 heterocycles. The molecule has 1 aliphatic carbocycles. The minimum Gasteiger partial charge on any atom is -0.351 e. The first-order valence-electron chi connectivity index (χ1n) is 5.81. The number of allylic oxidation sites excluding steroid dienone is 2. The number of aliphatic imine (C=N–C) groups is 1. The molecule has 0 bridgehead atoms. The molecule has 0 radical (unpaired) electrons. The number of nitrogens with zero attached hydrogens (tertiary/aromatic N) is 2. The second kappa shape index (κ2) is 3.81. The van der Waals surface area contributed by atoms with E-state index >= 15 is 0 Å². The van der Waals surface area contributed by atoms with Gasteiger partial charge in [0.1, 0.15) is 0 Å². The molecule has 0 saturated carbocycles. The van der Waals surface area contributed by atoms with Crippen LogP contribution < -0.4 is 5.32 Å². The Morgan fingerprint density at radius 1 is 1.13 bits per heavy atom. The third kappa shape index (κ3) is 1.61. The highest BCUT2D eigenvalue weighted by molar-refractivity contribution is 5.62. The van der Waals surface area contributed by atoms with E-state index in [0.717, 1.165) is 13.1 Å².